The molecule has 20 heavy (non-hydrogen) atoms. The maximum Gasteiger partial charge on any atom is 0.0234 e. The number of allylic oxidation sites excluding steroid dienone is 1. The zero-order valence-corrected chi connectivity index (χ0v) is 12.7. The van der Waals surface area contributed by atoms with Crippen LogP contribution < -0.4 is 5.32 Å². The van der Waals surface area contributed by atoms with Gasteiger partial charge in [0.25, 0.3) is 0 Å². The fourth-order valence-corrected chi connectivity index (χ4v) is 3.03. The molecular weight excluding hydrogens is 244 g/mol. The second kappa shape index (κ2) is 8.23. The molecule has 2 unspecified atom stereocenters. The van der Waals surface area contributed by atoms with Gasteiger partial charge in [0.2, 0.25) is 0 Å². The number of nitrogens with one attached hydrogen (secondary N) is 1. The predicted octanol–water partition coefficient (Wildman–Crippen LogP) is 3.60. The minimum atomic E-state index is 0.592. The number of hydrogen-bond donors (Lipinski definition) is 1. The Balaban J connectivity index is 1.78. The van der Waals surface area contributed by atoms with Crippen LogP contribution in [-0.4, -0.2) is 30.1 Å². The van der Waals surface area contributed by atoms with Crippen LogP contribution in [0.1, 0.15) is 38.2 Å². The highest BCUT2D eigenvalue weighted by atomic mass is 15.2. The summed E-state index contributed by atoms with van der Waals surface area (Å²) in [7, 11) is 0. The van der Waals surface area contributed by atoms with Crippen molar-refractivity contribution in [1.82, 2.24) is 10.2 Å². The third-order valence-corrected chi connectivity index (χ3v) is 4.08. The number of piperidine rings is 1. The summed E-state index contributed by atoms with van der Waals surface area (Å²) in [5, 5.41) is 3.78. The van der Waals surface area contributed by atoms with Crippen LogP contribution in [0.4, 0.5) is 0 Å². The summed E-state index contributed by atoms with van der Waals surface area (Å²) in [5.74, 6) is 0. The molecule has 2 atom stereocenters. The number of hydrogen-bond acceptors (Lipinski definition) is 2. The highest BCUT2D eigenvalue weighted by molar-refractivity contribution is 5.14. The van der Waals surface area contributed by atoms with Crippen LogP contribution in [-0.2, 0) is 6.54 Å². The Labute approximate surface area is 123 Å². The van der Waals surface area contributed by atoms with E-state index in [1.165, 1.54) is 37.9 Å². The Hall–Kier alpha value is -1.12. The van der Waals surface area contributed by atoms with Gasteiger partial charge in [-0.3, -0.25) is 4.90 Å². The van der Waals surface area contributed by atoms with Crippen LogP contribution in [0.5, 0.6) is 0 Å². The zero-order valence-electron chi connectivity index (χ0n) is 12.7. The normalized spacial score (nSPS) is 21.6. The van der Waals surface area contributed by atoms with Gasteiger partial charge in [0.15, 0.2) is 0 Å². The van der Waals surface area contributed by atoms with Crippen molar-refractivity contribution in [1.29, 1.82) is 0 Å². The first-order valence-electron chi connectivity index (χ1n) is 7.91. The van der Waals surface area contributed by atoms with E-state index in [1.54, 1.807) is 0 Å². The molecule has 0 saturated carbocycles. The van der Waals surface area contributed by atoms with E-state index >= 15 is 0 Å². The van der Waals surface area contributed by atoms with Crippen LogP contribution in [0.25, 0.3) is 0 Å². The Morgan fingerprint density at radius 3 is 2.95 bits per heavy atom. The van der Waals surface area contributed by atoms with E-state index in [9.17, 15) is 0 Å². The van der Waals surface area contributed by atoms with E-state index in [0.29, 0.717) is 12.1 Å². The van der Waals surface area contributed by atoms with Gasteiger partial charge in [-0.05, 0) is 44.7 Å². The molecule has 0 spiro atoms. The Morgan fingerprint density at radius 1 is 1.40 bits per heavy atom. The van der Waals surface area contributed by atoms with Crippen molar-refractivity contribution in [2.24, 2.45) is 0 Å². The lowest BCUT2D eigenvalue weighted by Crippen LogP contribution is -2.48. The number of rotatable bonds is 7. The molecule has 2 heteroatoms. The van der Waals surface area contributed by atoms with E-state index in [4.69, 9.17) is 0 Å². The first-order chi connectivity index (χ1) is 9.78. The fourth-order valence-electron chi connectivity index (χ4n) is 3.03. The molecule has 0 bridgehead atoms. The summed E-state index contributed by atoms with van der Waals surface area (Å²) < 4.78 is 0. The summed E-state index contributed by atoms with van der Waals surface area (Å²) in [5.41, 5.74) is 1.42. The van der Waals surface area contributed by atoms with Crippen molar-refractivity contribution in [2.75, 3.05) is 13.1 Å². The van der Waals surface area contributed by atoms with Crippen LogP contribution >= 0.6 is 0 Å². The zero-order chi connectivity index (χ0) is 14.2. The Morgan fingerprint density at radius 2 is 2.20 bits per heavy atom. The van der Waals surface area contributed by atoms with Gasteiger partial charge in [0, 0.05) is 25.2 Å². The van der Waals surface area contributed by atoms with Gasteiger partial charge in [-0.25, -0.2) is 0 Å². The second-order valence-electron chi connectivity index (χ2n) is 5.99. The minimum absolute atomic E-state index is 0.592. The topological polar surface area (TPSA) is 15.3 Å². The van der Waals surface area contributed by atoms with Crippen LogP contribution in [0.2, 0.25) is 0 Å². The SMILES string of the molecule is C=CCCC(C)NC1CCCN(Cc2ccccc2)C1. The summed E-state index contributed by atoms with van der Waals surface area (Å²) in [4.78, 5) is 2.58. The van der Waals surface area contributed by atoms with Crippen molar-refractivity contribution in [3.63, 3.8) is 0 Å². The van der Waals surface area contributed by atoms with E-state index in [1.807, 2.05) is 6.08 Å². The molecule has 0 aromatic heterocycles. The monoisotopic (exact) mass is 272 g/mol. The van der Waals surface area contributed by atoms with Crippen molar-refractivity contribution in [3.05, 3.63) is 48.6 Å². The second-order valence-corrected chi connectivity index (χ2v) is 5.99. The Kier molecular flexibility index (Phi) is 6.28. The lowest BCUT2D eigenvalue weighted by Gasteiger charge is -2.34. The van der Waals surface area contributed by atoms with Crippen molar-refractivity contribution >= 4 is 0 Å². The molecule has 1 N–H and O–H groups in total. The van der Waals surface area contributed by atoms with Gasteiger partial charge in [-0.15, -0.1) is 6.58 Å². The lowest BCUT2D eigenvalue weighted by molar-refractivity contribution is 0.176. The lowest BCUT2D eigenvalue weighted by atomic mass is 10.0. The van der Waals surface area contributed by atoms with Gasteiger partial charge in [-0.1, -0.05) is 36.4 Å². The first-order valence-corrected chi connectivity index (χ1v) is 7.91. The largest absolute Gasteiger partial charge is 0.310 e. The molecule has 2 rings (SSSR count). The van der Waals surface area contributed by atoms with Crippen molar-refractivity contribution < 1.29 is 0 Å². The molecule has 1 saturated heterocycles. The van der Waals surface area contributed by atoms with E-state index in [2.05, 4.69) is 54.1 Å². The van der Waals surface area contributed by atoms with Crippen LogP contribution in [0, 0.1) is 0 Å². The molecule has 1 heterocycles. The summed E-state index contributed by atoms with van der Waals surface area (Å²) >= 11 is 0. The summed E-state index contributed by atoms with van der Waals surface area (Å²) in [6.45, 7) is 9.58. The number of likely N-dealkylation sites (tertiary alicyclic amines) is 1. The summed E-state index contributed by atoms with van der Waals surface area (Å²) in [6.07, 6.45) is 6.93. The Bertz CT molecular complexity index is 388. The number of nitrogens with zero attached hydrogens (tertiary/aromatic N) is 1. The highest BCUT2D eigenvalue weighted by Crippen LogP contribution is 2.14. The van der Waals surface area contributed by atoms with E-state index in [0.717, 1.165) is 13.0 Å². The van der Waals surface area contributed by atoms with Gasteiger partial charge < -0.3 is 5.32 Å². The summed E-state index contributed by atoms with van der Waals surface area (Å²) in [6, 6.07) is 12.0. The average molecular weight is 272 g/mol. The van der Waals surface area contributed by atoms with Crippen molar-refractivity contribution in [2.45, 2.75) is 51.2 Å². The maximum atomic E-state index is 3.80. The number of benzene rings is 1. The molecule has 0 aliphatic carbocycles. The third-order valence-electron chi connectivity index (χ3n) is 4.08. The third kappa shape index (κ3) is 5.10. The van der Waals surface area contributed by atoms with Gasteiger partial charge >= 0.3 is 0 Å². The molecule has 1 aromatic carbocycles. The first kappa shape index (κ1) is 15.3. The molecule has 1 aliphatic rings. The van der Waals surface area contributed by atoms with E-state index < -0.39 is 0 Å². The maximum absolute atomic E-state index is 3.80. The van der Waals surface area contributed by atoms with Crippen LogP contribution in [0.3, 0.4) is 0 Å². The fraction of sp³-hybridized carbons (Fsp3) is 0.556. The smallest absolute Gasteiger partial charge is 0.0234 e. The van der Waals surface area contributed by atoms with Crippen molar-refractivity contribution in [3.8, 4) is 0 Å². The molecule has 1 fully saturated rings. The predicted molar refractivity (Wildman–Crippen MR) is 86.8 cm³/mol. The van der Waals surface area contributed by atoms with E-state index in [-0.39, 0.29) is 0 Å². The molecule has 110 valence electrons. The van der Waals surface area contributed by atoms with Crippen LogP contribution in [0.15, 0.2) is 43.0 Å². The van der Waals surface area contributed by atoms with Gasteiger partial charge in [0.1, 0.15) is 0 Å². The standard InChI is InChI=1S/C18H28N2/c1-3-4-9-16(2)19-18-12-8-13-20(15-18)14-17-10-6-5-7-11-17/h3,5-7,10-11,16,18-19H,1,4,8-9,12-15H2,2H3. The molecule has 0 radical (unpaired) electrons. The highest BCUT2D eigenvalue weighted by Gasteiger charge is 2.20. The minimum Gasteiger partial charge on any atom is -0.310 e. The molecule has 2 nitrogen and oxygen atoms in total. The molecule has 0 amide bonds. The van der Waals surface area contributed by atoms with Gasteiger partial charge in [0.05, 0.1) is 0 Å². The quantitative estimate of drug-likeness (QED) is 0.763. The molecule has 1 aromatic rings. The average Bonchev–Trinajstić information content (AvgIpc) is 2.46. The van der Waals surface area contributed by atoms with Gasteiger partial charge in [-0.2, -0.15) is 0 Å². The molecule has 1 aliphatic heterocycles. The molecular formula is C18H28N2.